The van der Waals surface area contributed by atoms with Gasteiger partial charge in [0.1, 0.15) is 0 Å². The number of fused-ring (bicyclic) bond motifs is 2. The van der Waals surface area contributed by atoms with Gasteiger partial charge in [0, 0.05) is 0 Å². The fourth-order valence-electron chi connectivity index (χ4n) is 6.88. The van der Waals surface area contributed by atoms with E-state index in [0.717, 1.165) is 12.8 Å². The molecule has 2 aromatic rings. The predicted molar refractivity (Wildman–Crippen MR) is 158 cm³/mol. The fourth-order valence-corrected chi connectivity index (χ4v) is 26.8. The number of benzene rings is 2. The smallest absolute Gasteiger partial charge is 0.147 e. The summed E-state index contributed by atoms with van der Waals surface area (Å²) in [5.41, 5.74) is 12.8. The van der Waals surface area contributed by atoms with Crippen molar-refractivity contribution in [2.24, 2.45) is 11.8 Å². The summed E-state index contributed by atoms with van der Waals surface area (Å²) in [6.45, 7) is 16.8. The molecule has 2 aliphatic carbocycles. The van der Waals surface area contributed by atoms with Crippen LogP contribution in [0.5, 0.6) is 0 Å². The first-order valence-electron chi connectivity index (χ1n) is 12.7. The van der Waals surface area contributed by atoms with Gasteiger partial charge in [-0.15, -0.1) is 24.8 Å². The van der Waals surface area contributed by atoms with E-state index in [1.807, 2.05) is 0 Å². The molecular weight excluding hydrogens is 551 g/mol. The topological polar surface area (TPSA) is 0 Å². The Balaban J connectivity index is 0.00000204. The Hall–Kier alpha value is -0.400. The largest absolute Gasteiger partial charge is 0.147 e. The van der Waals surface area contributed by atoms with Gasteiger partial charge in [-0.05, 0) is 0 Å². The summed E-state index contributed by atoms with van der Waals surface area (Å²) in [7, 11) is 0. The zero-order valence-electron chi connectivity index (χ0n) is 22.4. The van der Waals surface area contributed by atoms with Crippen LogP contribution in [0.4, 0.5) is 0 Å². The van der Waals surface area contributed by atoms with Crippen molar-refractivity contribution in [3.05, 3.63) is 80.9 Å². The van der Waals surface area contributed by atoms with E-state index in [1.54, 1.807) is 33.4 Å². The van der Waals surface area contributed by atoms with Gasteiger partial charge in [-0.1, -0.05) is 0 Å². The number of halogens is 2. The van der Waals surface area contributed by atoms with Crippen LogP contribution < -0.4 is 0 Å². The first kappa shape index (κ1) is 29.8. The first-order valence-corrected chi connectivity index (χ1v) is 26.4. The van der Waals surface area contributed by atoms with Crippen LogP contribution in [0.2, 0.25) is 9.26 Å². The summed E-state index contributed by atoms with van der Waals surface area (Å²) in [5, 5.41) is 0. The zero-order chi connectivity index (χ0) is 23.4. The molecule has 0 nitrogen and oxygen atoms in total. The number of rotatable bonds is 6. The molecule has 0 spiro atoms. The Morgan fingerprint density at radius 2 is 1.06 bits per heavy atom. The maximum absolute atomic E-state index is 3.44. The Labute approximate surface area is 223 Å². The molecule has 0 aliphatic heterocycles. The van der Waals surface area contributed by atoms with Crippen LogP contribution in [0, 0.1) is 11.8 Å². The molecule has 34 heavy (non-hydrogen) atoms. The van der Waals surface area contributed by atoms with Crippen LogP contribution in [-0.4, -0.2) is 6.88 Å². The van der Waals surface area contributed by atoms with Crippen molar-refractivity contribution < 1.29 is 17.4 Å². The minimum absolute atomic E-state index is 0. The maximum atomic E-state index is 2.78. The maximum Gasteiger partial charge on any atom is -0.147 e. The second-order valence-corrected chi connectivity index (χ2v) is 42.4. The van der Waals surface area contributed by atoms with Gasteiger partial charge in [0.15, 0.2) is 0 Å². The molecule has 2 atom stereocenters. The van der Waals surface area contributed by atoms with Crippen molar-refractivity contribution in [3.63, 3.8) is 0 Å². The minimum atomic E-state index is -3.44. The summed E-state index contributed by atoms with van der Waals surface area (Å²) < 4.78 is 6.81. The third-order valence-electron chi connectivity index (χ3n) is 8.36. The fraction of sp³-hybridized carbons (Fsp3) is 0.467. The third kappa shape index (κ3) is 4.67. The van der Waals surface area contributed by atoms with E-state index < -0.39 is 17.4 Å². The molecular formula is C30H44Cl2SiZr. The standard InChI is InChI=1S/2C14H17.2CH3.2ClH.H2Si.Zr/c2*1-4-11-6-5-7-12-8-13(10(2)3)9-14(11)12;;;;;;/h2*5-10H,4H2,1-3H3;2*1H3;2*1H;1H2;. The molecule has 2 unspecified atom stereocenters. The van der Waals surface area contributed by atoms with E-state index in [1.165, 1.54) is 11.1 Å². The quantitative estimate of drug-likeness (QED) is 0.293. The molecule has 0 radical (unpaired) electrons. The van der Waals surface area contributed by atoms with E-state index in [2.05, 4.69) is 106 Å². The van der Waals surface area contributed by atoms with Gasteiger partial charge in [-0.3, -0.25) is 0 Å². The molecule has 2 aromatic carbocycles. The molecule has 0 heterocycles. The summed E-state index contributed by atoms with van der Waals surface area (Å²) in [5.74, 6) is 1.17. The number of hydrogen-bond acceptors (Lipinski definition) is 0. The second kappa shape index (κ2) is 10.5. The summed E-state index contributed by atoms with van der Waals surface area (Å²) in [6.07, 6.45) is 7.44. The van der Waals surface area contributed by atoms with Crippen LogP contribution in [0.25, 0.3) is 12.2 Å². The SMILES string of the molecule is CCc1cccc2c1C=C(C(C)C)[CH]2[Zr]([CH3])([CH3])(=[SiH2])[CH]1C(C(C)C)=Cc2c(CC)cccc21.Cl.Cl. The zero-order valence-corrected chi connectivity index (χ0v) is 27.9. The van der Waals surface area contributed by atoms with Crippen molar-refractivity contribution in [3.8, 4) is 0 Å². The van der Waals surface area contributed by atoms with Crippen LogP contribution in [0.15, 0.2) is 47.5 Å². The van der Waals surface area contributed by atoms with Crippen molar-refractivity contribution in [2.45, 2.75) is 70.9 Å². The molecule has 0 fully saturated rings. The molecule has 186 valence electrons. The molecule has 4 rings (SSSR count). The van der Waals surface area contributed by atoms with Gasteiger partial charge in [-0.25, -0.2) is 0 Å². The van der Waals surface area contributed by atoms with Crippen molar-refractivity contribution in [1.82, 2.24) is 0 Å². The molecule has 4 heteroatoms. The normalized spacial score (nSPS) is 19.3. The Bertz CT molecular complexity index is 1110. The molecule has 0 aromatic heterocycles. The first-order chi connectivity index (χ1) is 15.0. The molecule has 2 aliphatic rings. The van der Waals surface area contributed by atoms with Crippen molar-refractivity contribution in [1.29, 1.82) is 0 Å². The van der Waals surface area contributed by atoms with Gasteiger partial charge < -0.3 is 0 Å². The average Bonchev–Trinajstić information content (AvgIpc) is 3.33. The molecule has 0 bridgehead atoms. The second-order valence-electron chi connectivity index (χ2n) is 11.9. The van der Waals surface area contributed by atoms with Crippen LogP contribution in [-0.2, 0) is 30.2 Å². The van der Waals surface area contributed by atoms with E-state index >= 15 is 0 Å². The van der Waals surface area contributed by atoms with Gasteiger partial charge >= 0.3 is 200 Å². The molecule has 0 saturated heterocycles. The van der Waals surface area contributed by atoms with E-state index in [9.17, 15) is 0 Å². The number of hydrogen-bond donors (Lipinski definition) is 0. The van der Waals surface area contributed by atoms with Crippen molar-refractivity contribution in [2.75, 3.05) is 0 Å². The van der Waals surface area contributed by atoms with E-state index in [4.69, 9.17) is 0 Å². The van der Waals surface area contributed by atoms with Gasteiger partial charge in [0.2, 0.25) is 0 Å². The molecule has 0 amide bonds. The molecule has 0 saturated carbocycles. The van der Waals surface area contributed by atoms with Gasteiger partial charge in [0.05, 0.1) is 0 Å². The Kier molecular flexibility index (Phi) is 9.24. The van der Waals surface area contributed by atoms with Crippen LogP contribution in [0.3, 0.4) is 0 Å². The van der Waals surface area contributed by atoms with Crippen molar-refractivity contribution >= 4 is 43.8 Å². The van der Waals surface area contributed by atoms with Crippen LogP contribution >= 0.6 is 24.8 Å². The van der Waals surface area contributed by atoms with E-state index in [0.29, 0.717) is 19.1 Å². The molecule has 0 N–H and O–H groups in total. The summed E-state index contributed by atoms with van der Waals surface area (Å²) in [4.78, 5) is 0. The predicted octanol–water partition coefficient (Wildman–Crippen LogP) is 8.88. The van der Waals surface area contributed by atoms with Gasteiger partial charge in [-0.2, -0.15) is 0 Å². The third-order valence-corrected chi connectivity index (χ3v) is 25.7. The average molecular weight is 595 g/mol. The monoisotopic (exact) mass is 592 g/mol. The number of aryl methyl sites for hydroxylation is 2. The summed E-state index contributed by atoms with van der Waals surface area (Å²) in [6, 6.07) is 14.3. The summed E-state index contributed by atoms with van der Waals surface area (Å²) >= 11 is -3.44. The number of allylic oxidation sites excluding steroid dienone is 2. The minimum Gasteiger partial charge on any atom is -0.147 e. The Morgan fingerprint density at radius 3 is 1.35 bits per heavy atom. The Morgan fingerprint density at radius 1 is 0.706 bits per heavy atom. The van der Waals surface area contributed by atoms with E-state index in [-0.39, 0.29) is 24.8 Å². The van der Waals surface area contributed by atoms with Crippen LogP contribution in [0.1, 0.15) is 82.2 Å². The van der Waals surface area contributed by atoms with Gasteiger partial charge in [0.25, 0.3) is 0 Å².